The average Bonchev–Trinajstić information content (AvgIpc) is 2.45. The van der Waals surface area contributed by atoms with Crippen LogP contribution in [0.3, 0.4) is 0 Å². The van der Waals surface area contributed by atoms with E-state index in [0.717, 1.165) is 10.2 Å². The van der Waals surface area contributed by atoms with Crippen LogP contribution in [0.15, 0.2) is 6.07 Å². The number of nitrogens with zero attached hydrogens (tertiary/aromatic N) is 1. The van der Waals surface area contributed by atoms with Crippen molar-refractivity contribution in [1.82, 2.24) is 4.98 Å². The molecule has 0 aliphatic heterocycles. The van der Waals surface area contributed by atoms with Gasteiger partial charge in [-0.05, 0) is 30.0 Å². The highest BCUT2D eigenvalue weighted by atomic mass is 35.5. The Morgan fingerprint density at radius 2 is 2.13 bits per heavy atom. The summed E-state index contributed by atoms with van der Waals surface area (Å²) in [7, 11) is 0. The van der Waals surface area contributed by atoms with E-state index >= 15 is 0 Å². The van der Waals surface area contributed by atoms with Crippen molar-refractivity contribution in [2.75, 3.05) is 5.73 Å². The van der Waals surface area contributed by atoms with E-state index in [9.17, 15) is 0 Å². The van der Waals surface area contributed by atoms with Gasteiger partial charge in [-0.2, -0.15) is 0 Å². The summed E-state index contributed by atoms with van der Waals surface area (Å²) in [5, 5.41) is 1.28. The van der Waals surface area contributed by atoms with Crippen LogP contribution in [0, 0.1) is 6.92 Å². The molecule has 80 valence electrons. The zero-order valence-corrected chi connectivity index (χ0v) is 10.5. The predicted molar refractivity (Wildman–Crippen MR) is 67.9 cm³/mol. The molecule has 0 saturated carbocycles. The molecule has 0 fully saturated rings. The lowest BCUT2D eigenvalue weighted by molar-refractivity contribution is 0.868. The number of halogens is 1. The van der Waals surface area contributed by atoms with Crippen molar-refractivity contribution in [3.8, 4) is 0 Å². The summed E-state index contributed by atoms with van der Waals surface area (Å²) in [5.74, 6) is 0.463. The maximum atomic E-state index is 6.14. The van der Waals surface area contributed by atoms with Gasteiger partial charge < -0.3 is 5.73 Å². The molecule has 0 radical (unpaired) electrons. The van der Waals surface area contributed by atoms with E-state index in [1.165, 1.54) is 22.5 Å². The number of nitrogen functional groups attached to an aromatic ring is 1. The minimum absolute atomic E-state index is 0.463. The van der Waals surface area contributed by atoms with Gasteiger partial charge in [0.25, 0.3) is 0 Å². The molecule has 2 aromatic rings. The van der Waals surface area contributed by atoms with Gasteiger partial charge in [0, 0.05) is 0 Å². The zero-order chi connectivity index (χ0) is 11.2. The number of aryl methyl sites for hydroxylation is 1. The quantitative estimate of drug-likeness (QED) is 0.819. The number of rotatable bonds is 1. The van der Waals surface area contributed by atoms with E-state index in [0.29, 0.717) is 16.1 Å². The van der Waals surface area contributed by atoms with Crippen LogP contribution in [0.4, 0.5) is 5.13 Å². The van der Waals surface area contributed by atoms with Gasteiger partial charge in [0.2, 0.25) is 0 Å². The van der Waals surface area contributed by atoms with Crippen molar-refractivity contribution in [1.29, 1.82) is 0 Å². The number of fused-ring (bicyclic) bond motifs is 1. The molecule has 0 amide bonds. The van der Waals surface area contributed by atoms with Crippen LogP contribution in [0.25, 0.3) is 10.2 Å². The maximum absolute atomic E-state index is 6.14. The van der Waals surface area contributed by atoms with E-state index in [4.69, 9.17) is 17.3 Å². The van der Waals surface area contributed by atoms with Crippen LogP contribution in [0.2, 0.25) is 5.02 Å². The number of nitrogens with two attached hydrogens (primary N) is 1. The number of aromatic nitrogens is 1. The Morgan fingerprint density at radius 1 is 1.47 bits per heavy atom. The summed E-state index contributed by atoms with van der Waals surface area (Å²) in [4.78, 5) is 4.26. The summed E-state index contributed by atoms with van der Waals surface area (Å²) in [6.45, 7) is 6.42. The van der Waals surface area contributed by atoms with Crippen molar-refractivity contribution in [2.45, 2.75) is 26.7 Å². The minimum atomic E-state index is 0.463. The van der Waals surface area contributed by atoms with Crippen LogP contribution in [-0.2, 0) is 0 Å². The van der Waals surface area contributed by atoms with E-state index < -0.39 is 0 Å². The van der Waals surface area contributed by atoms with E-state index in [2.05, 4.69) is 25.8 Å². The van der Waals surface area contributed by atoms with Gasteiger partial charge >= 0.3 is 0 Å². The molecule has 2 N–H and O–H groups in total. The van der Waals surface area contributed by atoms with Crippen LogP contribution in [-0.4, -0.2) is 4.98 Å². The van der Waals surface area contributed by atoms with Crippen LogP contribution in [0.1, 0.15) is 30.9 Å². The Kier molecular flexibility index (Phi) is 2.61. The minimum Gasteiger partial charge on any atom is -0.375 e. The molecule has 1 aromatic heterocycles. The van der Waals surface area contributed by atoms with Gasteiger partial charge in [0.15, 0.2) is 5.13 Å². The Labute approximate surface area is 98.1 Å². The molecule has 0 aliphatic carbocycles. The Bertz CT molecular complexity index is 517. The number of hydrogen-bond donors (Lipinski definition) is 1. The molecule has 1 heterocycles. The third-order valence-electron chi connectivity index (χ3n) is 2.46. The lowest BCUT2D eigenvalue weighted by atomic mass is 9.98. The van der Waals surface area contributed by atoms with Gasteiger partial charge in [-0.1, -0.05) is 36.8 Å². The van der Waals surface area contributed by atoms with E-state index in [1.807, 2.05) is 6.07 Å². The summed E-state index contributed by atoms with van der Waals surface area (Å²) >= 11 is 7.66. The molecule has 2 nitrogen and oxygen atoms in total. The summed E-state index contributed by atoms with van der Waals surface area (Å²) in [5.41, 5.74) is 9.09. The van der Waals surface area contributed by atoms with Gasteiger partial charge in [-0.15, -0.1) is 0 Å². The first-order chi connectivity index (χ1) is 7.00. The van der Waals surface area contributed by atoms with Crippen molar-refractivity contribution in [2.24, 2.45) is 0 Å². The Morgan fingerprint density at radius 3 is 2.73 bits per heavy atom. The highest BCUT2D eigenvalue weighted by molar-refractivity contribution is 7.22. The molecule has 2 rings (SSSR count). The van der Waals surface area contributed by atoms with Crippen molar-refractivity contribution in [3.63, 3.8) is 0 Å². The van der Waals surface area contributed by atoms with Crippen LogP contribution < -0.4 is 5.73 Å². The highest BCUT2D eigenvalue weighted by Gasteiger charge is 2.15. The molecule has 0 unspecified atom stereocenters. The number of anilines is 1. The third kappa shape index (κ3) is 1.70. The topological polar surface area (TPSA) is 38.9 Å². The average molecular weight is 241 g/mol. The molecule has 0 aliphatic rings. The van der Waals surface area contributed by atoms with Gasteiger partial charge in [0.05, 0.1) is 9.72 Å². The second kappa shape index (κ2) is 3.65. The molecule has 1 aromatic carbocycles. The summed E-state index contributed by atoms with van der Waals surface area (Å²) in [6, 6.07) is 1.97. The summed E-state index contributed by atoms with van der Waals surface area (Å²) in [6.07, 6.45) is 0. The van der Waals surface area contributed by atoms with Crippen LogP contribution >= 0.6 is 22.9 Å². The lowest BCUT2D eigenvalue weighted by Gasteiger charge is -2.11. The molecule has 15 heavy (non-hydrogen) atoms. The van der Waals surface area contributed by atoms with Gasteiger partial charge in [-0.3, -0.25) is 0 Å². The monoisotopic (exact) mass is 240 g/mol. The fourth-order valence-electron chi connectivity index (χ4n) is 1.91. The number of benzene rings is 1. The summed E-state index contributed by atoms with van der Waals surface area (Å²) < 4.78 is 1.13. The predicted octanol–water partition coefficient (Wildman–Crippen LogP) is 3.96. The van der Waals surface area contributed by atoms with Crippen molar-refractivity contribution in [3.05, 3.63) is 22.2 Å². The number of hydrogen-bond acceptors (Lipinski definition) is 3. The Hall–Kier alpha value is -0.800. The van der Waals surface area contributed by atoms with Gasteiger partial charge in [0.1, 0.15) is 5.52 Å². The molecule has 0 atom stereocenters. The maximum Gasteiger partial charge on any atom is 0.181 e. The normalized spacial score (nSPS) is 11.5. The Balaban J connectivity index is 2.89. The first kappa shape index (κ1) is 10.7. The smallest absolute Gasteiger partial charge is 0.181 e. The standard InChI is InChI=1S/C11H13ClN2S/c1-5(2)8-6(3)4-7(12)9-10(8)15-11(13)14-9/h4-5H,1-3H3,(H2,13,14). The molecule has 0 saturated heterocycles. The fourth-order valence-corrected chi connectivity index (χ4v) is 3.38. The second-order valence-electron chi connectivity index (χ2n) is 3.97. The van der Waals surface area contributed by atoms with Gasteiger partial charge in [-0.25, -0.2) is 4.98 Å². The number of thiazole rings is 1. The highest BCUT2D eigenvalue weighted by Crippen LogP contribution is 2.37. The van der Waals surface area contributed by atoms with Crippen molar-refractivity contribution < 1.29 is 0 Å². The first-order valence-corrected chi connectivity index (χ1v) is 6.05. The molecule has 0 spiro atoms. The largest absolute Gasteiger partial charge is 0.375 e. The molecular formula is C11H13ClN2S. The first-order valence-electron chi connectivity index (χ1n) is 4.85. The second-order valence-corrected chi connectivity index (χ2v) is 5.41. The SMILES string of the molecule is Cc1cc(Cl)c2nc(N)sc2c1C(C)C. The van der Waals surface area contributed by atoms with Crippen molar-refractivity contribution >= 4 is 38.3 Å². The zero-order valence-electron chi connectivity index (χ0n) is 8.97. The van der Waals surface area contributed by atoms with E-state index in [-0.39, 0.29) is 0 Å². The molecular weight excluding hydrogens is 228 g/mol. The molecule has 0 bridgehead atoms. The molecule has 4 heteroatoms. The third-order valence-corrected chi connectivity index (χ3v) is 3.67. The lowest BCUT2D eigenvalue weighted by Crippen LogP contribution is -1.92. The van der Waals surface area contributed by atoms with E-state index in [1.54, 1.807) is 0 Å². The van der Waals surface area contributed by atoms with Crippen LogP contribution in [0.5, 0.6) is 0 Å². The fraction of sp³-hybridized carbons (Fsp3) is 0.364.